The number of ether oxygens (including phenoxy) is 1. The number of morpholine rings is 1. The van der Waals surface area contributed by atoms with E-state index in [9.17, 15) is 0 Å². The highest BCUT2D eigenvalue weighted by molar-refractivity contribution is 4.70. The first-order chi connectivity index (χ1) is 19.1. The fourth-order valence-electron chi connectivity index (χ4n) is 5.23. The monoisotopic (exact) mass is 568 g/mol. The van der Waals surface area contributed by atoms with Crippen LogP contribution in [-0.4, -0.2) is 126 Å². The standard InChI is InChI=1S/2C7H15N.C6H13N.C5H11NO.C5H11N.C4H8/c1-7-3-5-8(2)6-4-7;1-3-8-5-4-7(2)6-8;1-6-3-4-7(2)5-6;1-6-2-4-7-5-3-6;1-5-2-3-6-4-5;1-4-2-3-4/h2*7H,3-6H2,1-2H3;6H,3-5H2,1-2H3;2-5H2,1H3;5-6H,2-4H2,1H3;4H,2-3H2,1H3/t;7-;6-;;5-;/m.00.0./s1. The van der Waals surface area contributed by atoms with Gasteiger partial charge >= 0.3 is 0 Å². The van der Waals surface area contributed by atoms with E-state index < -0.39 is 0 Å². The molecule has 6 fully saturated rings. The van der Waals surface area contributed by atoms with Crippen molar-refractivity contribution >= 4 is 0 Å². The summed E-state index contributed by atoms with van der Waals surface area (Å²) in [6.07, 6.45) is 9.96. The van der Waals surface area contributed by atoms with Crippen molar-refractivity contribution in [2.75, 3.05) is 106 Å². The fraction of sp³-hybridized carbons (Fsp3) is 1.00. The molecule has 0 aromatic carbocycles. The minimum absolute atomic E-state index is 0.913. The average Bonchev–Trinajstić information content (AvgIpc) is 3.26. The van der Waals surface area contributed by atoms with Gasteiger partial charge in [0.05, 0.1) is 13.2 Å². The summed E-state index contributed by atoms with van der Waals surface area (Å²) in [5.41, 5.74) is 0. The summed E-state index contributed by atoms with van der Waals surface area (Å²) in [6.45, 7) is 29.4. The third kappa shape index (κ3) is 22.4. The molecule has 0 unspecified atom stereocenters. The van der Waals surface area contributed by atoms with Gasteiger partial charge in [-0.05, 0) is 129 Å². The second-order valence-corrected chi connectivity index (χ2v) is 14.1. The van der Waals surface area contributed by atoms with Gasteiger partial charge in [-0.15, -0.1) is 0 Å². The first kappa shape index (κ1) is 37.8. The Labute approximate surface area is 251 Å². The number of rotatable bonds is 1. The van der Waals surface area contributed by atoms with E-state index in [1.54, 1.807) is 0 Å². The van der Waals surface area contributed by atoms with Crippen molar-refractivity contribution in [2.45, 2.75) is 86.5 Å². The highest BCUT2D eigenvalue weighted by atomic mass is 16.5. The van der Waals surface area contributed by atoms with E-state index in [2.05, 4.69) is 87.6 Å². The van der Waals surface area contributed by atoms with Crippen molar-refractivity contribution in [3.8, 4) is 0 Å². The van der Waals surface area contributed by atoms with Gasteiger partial charge in [0.1, 0.15) is 0 Å². The van der Waals surface area contributed by atoms with Crippen LogP contribution in [0.4, 0.5) is 0 Å². The van der Waals surface area contributed by atoms with Crippen molar-refractivity contribution in [3.63, 3.8) is 0 Å². The van der Waals surface area contributed by atoms with E-state index >= 15 is 0 Å². The highest BCUT2D eigenvalue weighted by Crippen LogP contribution is 2.26. The molecule has 6 rings (SSSR count). The van der Waals surface area contributed by atoms with Gasteiger partial charge < -0.3 is 29.7 Å². The molecule has 1 saturated carbocycles. The maximum absolute atomic E-state index is 5.10. The molecule has 6 aliphatic rings. The van der Waals surface area contributed by atoms with Crippen LogP contribution in [0.5, 0.6) is 0 Å². The molecule has 1 N–H and O–H groups in total. The minimum atomic E-state index is 0.913. The van der Waals surface area contributed by atoms with Gasteiger partial charge in [-0.2, -0.15) is 0 Å². The lowest BCUT2D eigenvalue weighted by Gasteiger charge is -2.26. The van der Waals surface area contributed by atoms with Gasteiger partial charge in [0.15, 0.2) is 0 Å². The molecule has 0 aromatic rings. The quantitative estimate of drug-likeness (QED) is 0.442. The summed E-state index contributed by atoms with van der Waals surface area (Å²) in [5, 5.41) is 3.27. The van der Waals surface area contributed by atoms with E-state index in [0.717, 1.165) is 55.9 Å². The van der Waals surface area contributed by atoms with Gasteiger partial charge in [-0.3, -0.25) is 0 Å². The van der Waals surface area contributed by atoms with Crippen molar-refractivity contribution in [2.24, 2.45) is 29.6 Å². The van der Waals surface area contributed by atoms with Gasteiger partial charge in [0.2, 0.25) is 0 Å². The molecule has 5 heterocycles. The molecule has 0 bridgehead atoms. The highest BCUT2D eigenvalue weighted by Gasteiger charge is 2.16. The Morgan fingerprint density at radius 2 is 1.05 bits per heavy atom. The van der Waals surface area contributed by atoms with Crippen LogP contribution < -0.4 is 5.32 Å². The summed E-state index contributed by atoms with van der Waals surface area (Å²) in [4.78, 5) is 9.55. The van der Waals surface area contributed by atoms with Crippen molar-refractivity contribution < 1.29 is 4.74 Å². The summed E-state index contributed by atoms with van der Waals surface area (Å²) >= 11 is 0. The Balaban J connectivity index is 0.000000242. The molecule has 1 aliphatic carbocycles. The zero-order valence-electron chi connectivity index (χ0n) is 28.7. The zero-order valence-corrected chi connectivity index (χ0v) is 28.7. The van der Waals surface area contributed by atoms with Crippen LogP contribution in [0.2, 0.25) is 0 Å². The zero-order chi connectivity index (χ0) is 29.8. The van der Waals surface area contributed by atoms with Crippen LogP contribution in [-0.2, 0) is 4.74 Å². The second kappa shape index (κ2) is 23.2. The first-order valence-corrected chi connectivity index (χ1v) is 17.1. The Hall–Kier alpha value is -0.240. The maximum atomic E-state index is 5.10. The molecule has 6 heteroatoms. The minimum Gasteiger partial charge on any atom is -0.379 e. The van der Waals surface area contributed by atoms with Crippen LogP contribution >= 0.6 is 0 Å². The average molecular weight is 568 g/mol. The number of likely N-dealkylation sites (tertiary alicyclic amines) is 3. The number of hydrogen-bond acceptors (Lipinski definition) is 6. The maximum Gasteiger partial charge on any atom is 0.0594 e. The predicted octanol–water partition coefficient (Wildman–Crippen LogP) is 5.63. The topological polar surface area (TPSA) is 34.2 Å². The number of nitrogens with zero attached hydrogens (tertiary/aromatic N) is 4. The van der Waals surface area contributed by atoms with E-state index in [-0.39, 0.29) is 0 Å². The summed E-state index contributed by atoms with van der Waals surface area (Å²) in [7, 11) is 6.50. The molecule has 0 amide bonds. The third-order valence-electron chi connectivity index (χ3n) is 9.00. The lowest BCUT2D eigenvalue weighted by molar-refractivity contribution is 0.0503. The third-order valence-corrected chi connectivity index (χ3v) is 9.00. The number of piperidine rings is 1. The van der Waals surface area contributed by atoms with Gasteiger partial charge in [-0.25, -0.2) is 0 Å². The molecule has 5 aliphatic heterocycles. The van der Waals surface area contributed by atoms with E-state index in [1.165, 1.54) is 104 Å². The Morgan fingerprint density at radius 3 is 1.27 bits per heavy atom. The fourth-order valence-corrected chi connectivity index (χ4v) is 5.23. The van der Waals surface area contributed by atoms with Gasteiger partial charge in [-0.1, -0.05) is 54.4 Å². The van der Waals surface area contributed by atoms with Gasteiger partial charge in [0.25, 0.3) is 0 Å². The molecule has 240 valence electrons. The van der Waals surface area contributed by atoms with Crippen molar-refractivity contribution in [1.82, 2.24) is 24.9 Å². The predicted molar refractivity (Wildman–Crippen MR) is 176 cm³/mol. The summed E-state index contributed by atoms with van der Waals surface area (Å²) in [6, 6.07) is 0. The second-order valence-electron chi connectivity index (χ2n) is 14.1. The summed E-state index contributed by atoms with van der Waals surface area (Å²) in [5.74, 6) is 4.90. The SMILES string of the molecule is CC1CC1.CC1CCN(C)CC1.CCN1CC[C@H](C)C1.CN1CCOCC1.C[C@H]1CCN(C)C1.C[C@H]1CCNC1. The molecular weight excluding hydrogens is 494 g/mol. The van der Waals surface area contributed by atoms with Crippen molar-refractivity contribution in [1.29, 1.82) is 0 Å². The van der Waals surface area contributed by atoms with E-state index in [0.29, 0.717) is 0 Å². The van der Waals surface area contributed by atoms with E-state index in [4.69, 9.17) is 4.74 Å². The number of hydrogen-bond donors (Lipinski definition) is 1. The van der Waals surface area contributed by atoms with Crippen LogP contribution in [0, 0.1) is 29.6 Å². The smallest absolute Gasteiger partial charge is 0.0594 e. The van der Waals surface area contributed by atoms with Crippen LogP contribution in [0.1, 0.15) is 86.5 Å². The largest absolute Gasteiger partial charge is 0.379 e. The number of likely N-dealkylation sites (N-methyl/N-ethyl adjacent to an activating group) is 1. The molecule has 3 atom stereocenters. The molecule has 5 saturated heterocycles. The summed E-state index contributed by atoms with van der Waals surface area (Å²) < 4.78 is 5.10. The first-order valence-electron chi connectivity index (χ1n) is 17.1. The molecule has 0 spiro atoms. The van der Waals surface area contributed by atoms with Crippen LogP contribution in [0.25, 0.3) is 0 Å². The number of nitrogens with one attached hydrogen (secondary N) is 1. The molecule has 6 nitrogen and oxygen atoms in total. The lowest BCUT2D eigenvalue weighted by atomic mass is 10.00. The Kier molecular flexibility index (Phi) is 22.0. The van der Waals surface area contributed by atoms with Gasteiger partial charge in [0, 0.05) is 26.2 Å². The molecule has 40 heavy (non-hydrogen) atoms. The van der Waals surface area contributed by atoms with Crippen molar-refractivity contribution in [3.05, 3.63) is 0 Å². The van der Waals surface area contributed by atoms with Crippen LogP contribution in [0.15, 0.2) is 0 Å². The van der Waals surface area contributed by atoms with E-state index in [1.807, 2.05) is 0 Å². The lowest BCUT2D eigenvalue weighted by Crippen LogP contribution is -2.32. The Bertz CT molecular complexity index is 533. The molecular formula is C34H73N5O. The molecule has 0 aromatic heterocycles. The van der Waals surface area contributed by atoms with Crippen LogP contribution in [0.3, 0.4) is 0 Å². The molecule has 0 radical (unpaired) electrons. The normalized spacial score (nSPS) is 29.8. The Morgan fingerprint density at radius 1 is 0.550 bits per heavy atom.